The zero-order valence-electron chi connectivity index (χ0n) is 12.5. The Bertz CT molecular complexity index is 681. The number of nitrogens with one attached hydrogen (secondary N) is 2. The molecule has 1 aromatic carbocycles. The van der Waals surface area contributed by atoms with E-state index >= 15 is 0 Å². The average molecular weight is 296 g/mol. The Labute approximate surface area is 129 Å². The van der Waals surface area contributed by atoms with Gasteiger partial charge in [0, 0.05) is 38.2 Å². The van der Waals surface area contributed by atoms with Crippen LogP contribution in [0.1, 0.15) is 29.8 Å². The molecule has 0 unspecified atom stereocenters. The number of amides is 1. The molecule has 0 saturated carbocycles. The fourth-order valence-electron chi connectivity index (χ4n) is 3.69. The number of rotatable bonds is 2. The molecule has 1 amide bonds. The van der Waals surface area contributed by atoms with Gasteiger partial charge in [-0.05, 0) is 12.0 Å². The average Bonchev–Trinajstić information content (AvgIpc) is 3.03. The molecular weight excluding hydrogens is 276 g/mol. The molecule has 5 heteroatoms. The monoisotopic (exact) mass is 296 g/mol. The lowest BCUT2D eigenvalue weighted by atomic mass is 9.81. The Kier molecular flexibility index (Phi) is 3.22. The van der Waals surface area contributed by atoms with Gasteiger partial charge in [0.1, 0.15) is 0 Å². The molecule has 114 valence electrons. The lowest BCUT2D eigenvalue weighted by molar-refractivity contribution is -0.137. The summed E-state index contributed by atoms with van der Waals surface area (Å²) in [7, 11) is 0. The van der Waals surface area contributed by atoms with Gasteiger partial charge in [-0.1, -0.05) is 30.3 Å². The molecule has 1 saturated heterocycles. The highest BCUT2D eigenvalue weighted by atomic mass is 16.2. The molecule has 0 aliphatic carbocycles. The molecule has 1 aromatic heterocycles. The van der Waals surface area contributed by atoms with Crippen LogP contribution in [0.3, 0.4) is 0 Å². The molecule has 2 aliphatic rings. The number of aromatic nitrogens is 2. The number of hydrogen-bond donors (Lipinski definition) is 2. The second kappa shape index (κ2) is 5.25. The first-order chi connectivity index (χ1) is 10.8. The van der Waals surface area contributed by atoms with Gasteiger partial charge in [0.05, 0.1) is 17.6 Å². The van der Waals surface area contributed by atoms with Gasteiger partial charge in [0.15, 0.2) is 0 Å². The highest BCUT2D eigenvalue weighted by Crippen LogP contribution is 2.35. The largest absolute Gasteiger partial charge is 0.348 e. The Morgan fingerprint density at radius 1 is 1.23 bits per heavy atom. The van der Waals surface area contributed by atoms with Gasteiger partial charge in [-0.25, -0.2) is 4.98 Å². The van der Waals surface area contributed by atoms with Crippen LogP contribution in [0, 0.1) is 0 Å². The van der Waals surface area contributed by atoms with Crippen LogP contribution in [0.15, 0.2) is 36.7 Å². The number of carbonyl (C=O) groups excluding carboxylic acids is 1. The number of H-pyrrole nitrogens is 1. The van der Waals surface area contributed by atoms with E-state index in [0.29, 0.717) is 19.5 Å². The third-order valence-electron chi connectivity index (χ3n) is 4.81. The molecule has 1 fully saturated rings. The Hall–Kier alpha value is -2.14. The third kappa shape index (κ3) is 2.22. The van der Waals surface area contributed by atoms with E-state index in [0.717, 1.165) is 25.1 Å². The van der Waals surface area contributed by atoms with Crippen LogP contribution in [-0.2, 0) is 23.3 Å². The summed E-state index contributed by atoms with van der Waals surface area (Å²) in [5, 5.41) is 3.64. The number of likely N-dealkylation sites (tertiary alicyclic amines) is 1. The van der Waals surface area contributed by atoms with E-state index in [9.17, 15) is 4.79 Å². The third-order valence-corrected chi connectivity index (χ3v) is 4.81. The summed E-state index contributed by atoms with van der Waals surface area (Å²) in [6, 6.07) is 10.2. The molecule has 2 aliphatic heterocycles. The summed E-state index contributed by atoms with van der Waals surface area (Å²) in [6.45, 7) is 2.30. The van der Waals surface area contributed by atoms with Crippen molar-refractivity contribution in [2.75, 3.05) is 13.1 Å². The highest BCUT2D eigenvalue weighted by molar-refractivity contribution is 5.77. The van der Waals surface area contributed by atoms with Crippen molar-refractivity contribution in [2.45, 2.75) is 31.3 Å². The van der Waals surface area contributed by atoms with Crippen molar-refractivity contribution in [3.05, 3.63) is 53.6 Å². The normalized spacial score (nSPS) is 24.5. The molecule has 0 bridgehead atoms. The number of imidazole rings is 1. The summed E-state index contributed by atoms with van der Waals surface area (Å²) in [5.74, 6) is 0.235. The lowest BCUT2D eigenvalue weighted by Gasteiger charge is -2.44. The number of fused-ring (bicyclic) bond motifs is 2. The van der Waals surface area contributed by atoms with Gasteiger partial charge in [0.25, 0.3) is 0 Å². The minimum atomic E-state index is -0.184. The number of nitrogens with zero attached hydrogens (tertiary/aromatic N) is 2. The van der Waals surface area contributed by atoms with Crippen LogP contribution >= 0.6 is 0 Å². The smallest absolute Gasteiger partial charge is 0.223 e. The molecule has 3 heterocycles. The maximum absolute atomic E-state index is 12.3. The summed E-state index contributed by atoms with van der Waals surface area (Å²) >= 11 is 0. The summed E-state index contributed by atoms with van der Waals surface area (Å²) in [6.07, 6.45) is 4.15. The van der Waals surface area contributed by atoms with Crippen molar-refractivity contribution < 1.29 is 4.79 Å². The summed E-state index contributed by atoms with van der Waals surface area (Å²) in [5.41, 5.74) is 3.30. The Morgan fingerprint density at radius 3 is 2.95 bits per heavy atom. The van der Waals surface area contributed by atoms with Crippen LogP contribution in [0.2, 0.25) is 0 Å². The molecule has 2 N–H and O–H groups in total. The Balaban J connectivity index is 1.61. The fourth-order valence-corrected chi connectivity index (χ4v) is 3.69. The van der Waals surface area contributed by atoms with Crippen molar-refractivity contribution in [2.24, 2.45) is 0 Å². The molecule has 1 spiro atoms. The lowest BCUT2D eigenvalue weighted by Crippen LogP contribution is -2.58. The first-order valence-corrected chi connectivity index (χ1v) is 7.86. The molecule has 5 nitrogen and oxygen atoms in total. The van der Waals surface area contributed by atoms with E-state index in [2.05, 4.69) is 27.4 Å². The van der Waals surface area contributed by atoms with Gasteiger partial charge < -0.3 is 15.2 Å². The minimum absolute atomic E-state index is 0.184. The van der Waals surface area contributed by atoms with Gasteiger partial charge in [-0.3, -0.25) is 4.79 Å². The Morgan fingerprint density at radius 2 is 2.09 bits per heavy atom. The predicted octanol–water partition coefficient (Wildman–Crippen LogP) is 1.57. The summed E-state index contributed by atoms with van der Waals surface area (Å²) < 4.78 is 0. The van der Waals surface area contributed by atoms with Crippen LogP contribution in [-0.4, -0.2) is 33.9 Å². The van der Waals surface area contributed by atoms with Gasteiger partial charge in [-0.2, -0.15) is 0 Å². The number of hydrogen-bond acceptors (Lipinski definition) is 3. The molecule has 22 heavy (non-hydrogen) atoms. The van der Waals surface area contributed by atoms with Crippen LogP contribution in [0.5, 0.6) is 0 Å². The van der Waals surface area contributed by atoms with E-state index in [1.165, 1.54) is 11.3 Å². The maximum atomic E-state index is 12.3. The molecular formula is C17H20N4O. The first-order valence-electron chi connectivity index (χ1n) is 7.86. The quantitative estimate of drug-likeness (QED) is 0.884. The van der Waals surface area contributed by atoms with Crippen LogP contribution in [0.25, 0.3) is 0 Å². The topological polar surface area (TPSA) is 61.0 Å². The van der Waals surface area contributed by atoms with Crippen molar-refractivity contribution in [1.29, 1.82) is 0 Å². The van der Waals surface area contributed by atoms with Crippen molar-refractivity contribution >= 4 is 5.91 Å². The fraction of sp³-hybridized carbons (Fsp3) is 0.412. The SMILES string of the molecule is O=C1CC[C@@]2(CN1Cc1ccccc1)NCCc1[nH]cnc12. The van der Waals surface area contributed by atoms with Crippen molar-refractivity contribution in [3.63, 3.8) is 0 Å². The van der Waals surface area contributed by atoms with Crippen molar-refractivity contribution in [3.8, 4) is 0 Å². The molecule has 2 aromatic rings. The van der Waals surface area contributed by atoms with E-state index in [1.807, 2.05) is 23.1 Å². The summed E-state index contributed by atoms with van der Waals surface area (Å²) in [4.78, 5) is 22.1. The second-order valence-electron chi connectivity index (χ2n) is 6.22. The van der Waals surface area contributed by atoms with E-state index in [1.54, 1.807) is 6.33 Å². The van der Waals surface area contributed by atoms with E-state index in [4.69, 9.17) is 0 Å². The number of carbonyl (C=O) groups is 1. The van der Waals surface area contributed by atoms with Gasteiger partial charge >= 0.3 is 0 Å². The van der Waals surface area contributed by atoms with Gasteiger partial charge in [0.2, 0.25) is 5.91 Å². The van der Waals surface area contributed by atoms with E-state index < -0.39 is 0 Å². The highest BCUT2D eigenvalue weighted by Gasteiger charge is 2.44. The number of piperidine rings is 1. The molecule has 1 atom stereocenters. The van der Waals surface area contributed by atoms with Gasteiger partial charge in [-0.15, -0.1) is 0 Å². The van der Waals surface area contributed by atoms with Crippen molar-refractivity contribution in [1.82, 2.24) is 20.2 Å². The predicted molar refractivity (Wildman–Crippen MR) is 83.1 cm³/mol. The molecule has 4 rings (SSSR count). The minimum Gasteiger partial charge on any atom is -0.348 e. The first kappa shape index (κ1) is 13.5. The van der Waals surface area contributed by atoms with E-state index in [-0.39, 0.29) is 11.4 Å². The standard InChI is InChI=1S/C17H20N4O/c22-15-6-8-17(16-14(7-9-20-17)18-12-19-16)11-21(15)10-13-4-2-1-3-5-13/h1-5,12,20H,6-11H2,(H,18,19)/t17-/m0/s1. The zero-order chi connectivity index (χ0) is 15.0. The maximum Gasteiger partial charge on any atom is 0.223 e. The molecule has 0 radical (unpaired) electrons. The number of aromatic amines is 1. The second-order valence-corrected chi connectivity index (χ2v) is 6.22. The number of benzene rings is 1. The van der Waals surface area contributed by atoms with Crippen LogP contribution in [0.4, 0.5) is 0 Å². The van der Waals surface area contributed by atoms with Crippen LogP contribution < -0.4 is 5.32 Å². The zero-order valence-corrected chi connectivity index (χ0v) is 12.5.